The summed E-state index contributed by atoms with van der Waals surface area (Å²) in [6.07, 6.45) is 3.12. The van der Waals surface area contributed by atoms with Crippen LogP contribution >= 0.6 is 11.3 Å². The van der Waals surface area contributed by atoms with Crippen LogP contribution in [0.15, 0.2) is 54.9 Å². The lowest BCUT2D eigenvalue weighted by Gasteiger charge is -2.20. The van der Waals surface area contributed by atoms with Crippen molar-refractivity contribution in [2.24, 2.45) is 0 Å². The van der Waals surface area contributed by atoms with Crippen molar-refractivity contribution < 1.29 is 13.9 Å². The Morgan fingerprint density at radius 2 is 1.93 bits per heavy atom. The second-order valence-electron chi connectivity index (χ2n) is 6.83. The molecule has 2 N–H and O–H groups in total. The third-order valence-electron chi connectivity index (χ3n) is 4.84. The predicted molar refractivity (Wildman–Crippen MR) is 110 cm³/mol. The summed E-state index contributed by atoms with van der Waals surface area (Å²) in [7, 11) is 0. The third-order valence-corrected chi connectivity index (χ3v) is 5.79. The van der Waals surface area contributed by atoms with Gasteiger partial charge in [-0.05, 0) is 30.3 Å². The van der Waals surface area contributed by atoms with E-state index in [4.69, 9.17) is 4.74 Å². The number of rotatable bonds is 5. The normalized spacial score (nSPS) is 18.6. The van der Waals surface area contributed by atoms with Crippen LogP contribution in [0.3, 0.4) is 0 Å². The van der Waals surface area contributed by atoms with Gasteiger partial charge >= 0.3 is 0 Å². The number of aromatic nitrogens is 4. The monoisotopic (exact) mass is 424 g/mol. The average Bonchev–Trinajstić information content (AvgIpc) is 3.49. The molecule has 3 heterocycles. The molecule has 2 aromatic carbocycles. The molecule has 0 radical (unpaired) electrons. The molecule has 1 aliphatic heterocycles. The van der Waals surface area contributed by atoms with Crippen molar-refractivity contribution in [3.8, 4) is 5.69 Å². The van der Waals surface area contributed by atoms with Crippen LogP contribution in [0, 0.1) is 5.82 Å². The summed E-state index contributed by atoms with van der Waals surface area (Å²) in [6, 6.07) is 11.2. The van der Waals surface area contributed by atoms with Gasteiger partial charge in [-0.15, -0.1) is 0 Å². The highest BCUT2D eigenvalue weighted by Gasteiger charge is 2.31. The minimum Gasteiger partial charge on any atom is -0.377 e. The van der Waals surface area contributed by atoms with E-state index in [0.29, 0.717) is 29.6 Å². The number of amides is 1. The van der Waals surface area contributed by atoms with Gasteiger partial charge in [0.25, 0.3) is 5.91 Å². The van der Waals surface area contributed by atoms with Crippen LogP contribution in [-0.4, -0.2) is 51.2 Å². The summed E-state index contributed by atoms with van der Waals surface area (Å²) >= 11 is 1.37. The summed E-state index contributed by atoms with van der Waals surface area (Å²) in [5.41, 5.74) is 1.79. The number of nitrogens with one attached hydrogen (secondary N) is 2. The van der Waals surface area contributed by atoms with Crippen LogP contribution in [0.1, 0.15) is 10.4 Å². The number of para-hydroxylation sites is 1. The molecule has 152 valence electrons. The van der Waals surface area contributed by atoms with Gasteiger partial charge in [0.15, 0.2) is 5.13 Å². The largest absolute Gasteiger partial charge is 0.377 e. The van der Waals surface area contributed by atoms with Gasteiger partial charge in [0, 0.05) is 0 Å². The maximum absolute atomic E-state index is 13.4. The van der Waals surface area contributed by atoms with E-state index in [2.05, 4.69) is 25.8 Å². The Labute approximate surface area is 174 Å². The summed E-state index contributed by atoms with van der Waals surface area (Å²) in [4.78, 5) is 18.9. The summed E-state index contributed by atoms with van der Waals surface area (Å²) in [6.45, 7) is 0.808. The van der Waals surface area contributed by atoms with Crippen molar-refractivity contribution >= 4 is 32.6 Å². The van der Waals surface area contributed by atoms with Crippen LogP contribution in [-0.2, 0) is 4.74 Å². The number of hydrogen-bond donors (Lipinski definition) is 2. The van der Waals surface area contributed by atoms with Crippen LogP contribution in [0.25, 0.3) is 15.9 Å². The van der Waals surface area contributed by atoms with E-state index in [1.54, 1.807) is 36.7 Å². The number of carbonyl (C=O) groups excluding carboxylic acids is 1. The maximum atomic E-state index is 13.4. The fourth-order valence-electron chi connectivity index (χ4n) is 3.38. The van der Waals surface area contributed by atoms with Gasteiger partial charge < -0.3 is 15.4 Å². The highest BCUT2D eigenvalue weighted by molar-refractivity contribution is 7.22. The molecule has 0 saturated carbocycles. The Balaban J connectivity index is 1.33. The first-order valence-corrected chi connectivity index (χ1v) is 10.2. The molecule has 4 aromatic rings. The molecule has 2 aromatic heterocycles. The molecule has 2 atom stereocenters. The van der Waals surface area contributed by atoms with Gasteiger partial charge in [0.1, 0.15) is 5.82 Å². The smallest absolute Gasteiger partial charge is 0.253 e. The first kappa shape index (κ1) is 18.6. The van der Waals surface area contributed by atoms with Gasteiger partial charge in [-0.2, -0.15) is 15.0 Å². The molecule has 0 unspecified atom stereocenters. The molecule has 1 saturated heterocycles. The number of hydrogen-bond acceptors (Lipinski definition) is 7. The Morgan fingerprint density at radius 1 is 1.13 bits per heavy atom. The van der Waals surface area contributed by atoms with Gasteiger partial charge in [-0.1, -0.05) is 23.5 Å². The van der Waals surface area contributed by atoms with Crippen molar-refractivity contribution in [1.29, 1.82) is 0 Å². The number of carbonyl (C=O) groups is 1. The topological polar surface area (TPSA) is 94.0 Å². The van der Waals surface area contributed by atoms with Crippen molar-refractivity contribution in [3.63, 3.8) is 0 Å². The standard InChI is InChI=1S/C20H17FN6O2S/c21-12-5-6-14-18(9-12)30-20(25-14)26-16-11-29-10-15(16)24-19(28)13-3-1-2-4-17(13)27-22-7-8-23-27/h1-9,15-16H,10-11H2,(H,24,28)(H,25,26)/t15-,16-/m0/s1. The Hall–Kier alpha value is -3.37. The minimum atomic E-state index is -0.294. The number of ether oxygens (including phenoxy) is 1. The first-order valence-electron chi connectivity index (χ1n) is 9.34. The van der Waals surface area contributed by atoms with E-state index in [0.717, 1.165) is 10.2 Å². The molecule has 1 amide bonds. The second kappa shape index (κ2) is 7.81. The van der Waals surface area contributed by atoms with Gasteiger partial charge in [0.05, 0.1) is 59.2 Å². The Bertz CT molecular complexity index is 1200. The molecule has 1 aliphatic rings. The lowest BCUT2D eigenvalue weighted by Crippen LogP contribution is -2.46. The zero-order valence-corrected chi connectivity index (χ0v) is 16.5. The zero-order valence-electron chi connectivity index (χ0n) is 15.7. The predicted octanol–water partition coefficient (Wildman–Crippen LogP) is 2.63. The van der Waals surface area contributed by atoms with E-state index in [1.165, 1.54) is 28.3 Å². The minimum absolute atomic E-state index is 0.158. The Morgan fingerprint density at radius 3 is 2.80 bits per heavy atom. The fourth-order valence-corrected chi connectivity index (χ4v) is 4.34. The van der Waals surface area contributed by atoms with Crippen LogP contribution in [0.2, 0.25) is 0 Å². The Kier molecular flexibility index (Phi) is 4.85. The fraction of sp³-hybridized carbons (Fsp3) is 0.200. The number of thiazole rings is 1. The third kappa shape index (κ3) is 3.62. The van der Waals surface area contributed by atoms with E-state index in [9.17, 15) is 9.18 Å². The van der Waals surface area contributed by atoms with Crippen molar-refractivity contribution in [2.45, 2.75) is 12.1 Å². The molecule has 8 nitrogen and oxygen atoms in total. The highest BCUT2D eigenvalue weighted by atomic mass is 32.1. The second-order valence-corrected chi connectivity index (χ2v) is 7.87. The van der Waals surface area contributed by atoms with Gasteiger partial charge in [0.2, 0.25) is 0 Å². The van der Waals surface area contributed by atoms with Crippen LogP contribution < -0.4 is 10.6 Å². The van der Waals surface area contributed by atoms with E-state index < -0.39 is 0 Å². The van der Waals surface area contributed by atoms with Crippen molar-refractivity contribution in [3.05, 3.63) is 66.2 Å². The lowest BCUT2D eigenvalue weighted by atomic mass is 10.1. The number of benzene rings is 2. The average molecular weight is 424 g/mol. The van der Waals surface area contributed by atoms with Crippen LogP contribution in [0.4, 0.5) is 9.52 Å². The number of nitrogens with zero attached hydrogens (tertiary/aromatic N) is 4. The summed E-state index contributed by atoms with van der Waals surface area (Å²) in [5.74, 6) is -0.533. The molecule has 0 aliphatic carbocycles. The van der Waals surface area contributed by atoms with E-state index >= 15 is 0 Å². The van der Waals surface area contributed by atoms with Gasteiger partial charge in [-0.3, -0.25) is 4.79 Å². The molecule has 30 heavy (non-hydrogen) atoms. The summed E-state index contributed by atoms with van der Waals surface area (Å²) < 4.78 is 19.8. The van der Waals surface area contributed by atoms with E-state index in [1.807, 2.05) is 6.07 Å². The zero-order chi connectivity index (χ0) is 20.5. The molecule has 1 fully saturated rings. The maximum Gasteiger partial charge on any atom is 0.253 e. The number of anilines is 1. The molecule has 0 spiro atoms. The summed E-state index contributed by atoms with van der Waals surface area (Å²) in [5, 5.41) is 15.2. The molecule has 0 bridgehead atoms. The molecule has 10 heteroatoms. The quantitative estimate of drug-likeness (QED) is 0.512. The van der Waals surface area contributed by atoms with E-state index in [-0.39, 0.29) is 23.8 Å². The van der Waals surface area contributed by atoms with Gasteiger partial charge in [-0.25, -0.2) is 9.37 Å². The molecular formula is C20H17FN6O2S. The first-order chi connectivity index (χ1) is 14.7. The lowest BCUT2D eigenvalue weighted by molar-refractivity contribution is 0.0928. The van der Waals surface area contributed by atoms with Crippen LogP contribution in [0.5, 0.6) is 0 Å². The number of fused-ring (bicyclic) bond motifs is 1. The number of halogens is 1. The highest BCUT2D eigenvalue weighted by Crippen LogP contribution is 2.28. The van der Waals surface area contributed by atoms with Crippen molar-refractivity contribution in [1.82, 2.24) is 25.3 Å². The molecular weight excluding hydrogens is 407 g/mol. The molecule has 5 rings (SSSR count). The SMILES string of the molecule is O=C(N[C@H]1COC[C@@H]1Nc1nc2ccc(F)cc2s1)c1ccccc1-n1nccn1. The van der Waals surface area contributed by atoms with Crippen molar-refractivity contribution in [2.75, 3.05) is 18.5 Å².